The number of ether oxygens (including phenoxy) is 1. The van der Waals surface area contributed by atoms with Crippen molar-refractivity contribution in [3.63, 3.8) is 0 Å². The van der Waals surface area contributed by atoms with Crippen LogP contribution in [-0.4, -0.2) is 13.0 Å². The van der Waals surface area contributed by atoms with E-state index in [1.807, 2.05) is 0 Å². The summed E-state index contributed by atoms with van der Waals surface area (Å²) in [6.45, 7) is 2.96. The van der Waals surface area contributed by atoms with E-state index in [1.165, 1.54) is 15.9 Å². The molecule has 130 valence electrons. The first-order chi connectivity index (χ1) is 11.9. The van der Waals surface area contributed by atoms with Gasteiger partial charge in [-0.2, -0.15) is 0 Å². The van der Waals surface area contributed by atoms with Crippen molar-refractivity contribution in [2.45, 2.75) is 13.3 Å². The van der Waals surface area contributed by atoms with Gasteiger partial charge in [-0.05, 0) is 42.8 Å². The second-order valence-corrected chi connectivity index (χ2v) is 9.28. The summed E-state index contributed by atoms with van der Waals surface area (Å²) in [5.74, 6) is 0. The highest BCUT2D eigenvalue weighted by Gasteiger charge is 2.45. The van der Waals surface area contributed by atoms with Gasteiger partial charge < -0.3 is 21.7 Å². The Morgan fingerprint density at radius 2 is 1.00 bits per heavy atom. The van der Waals surface area contributed by atoms with E-state index in [-0.39, 0.29) is 17.0 Å². The number of halogens is 1. The third-order valence-corrected chi connectivity index (χ3v) is 8.33. The summed E-state index contributed by atoms with van der Waals surface area (Å²) in [6, 6.07) is 32.6. The third-order valence-electron chi connectivity index (χ3n) is 4.22. The average molecular weight is 415 g/mol. The zero-order valence-corrected chi connectivity index (χ0v) is 17.0. The van der Waals surface area contributed by atoms with Crippen molar-refractivity contribution in [3.05, 3.63) is 91.0 Å². The van der Waals surface area contributed by atoms with E-state index in [1.54, 1.807) is 0 Å². The molecule has 0 N–H and O–H groups in total. The van der Waals surface area contributed by atoms with Crippen LogP contribution in [0.4, 0.5) is 0 Å². The van der Waals surface area contributed by atoms with Crippen molar-refractivity contribution >= 4 is 23.2 Å². The molecule has 0 bridgehead atoms. The summed E-state index contributed by atoms with van der Waals surface area (Å²) in [5, 5.41) is 4.12. The van der Waals surface area contributed by atoms with Crippen LogP contribution in [0.1, 0.15) is 13.3 Å². The molecular formula is C22H24BrOP. The molecule has 0 atom stereocenters. The average Bonchev–Trinajstić information content (AvgIpc) is 2.68. The first-order valence-electron chi connectivity index (χ1n) is 8.50. The first-order valence-corrected chi connectivity index (χ1v) is 10.5. The Hall–Kier alpha value is -1.47. The van der Waals surface area contributed by atoms with Gasteiger partial charge in [0.05, 0.1) is 6.61 Å². The molecule has 0 saturated carbocycles. The summed E-state index contributed by atoms with van der Waals surface area (Å²) in [7, 11) is -1.81. The predicted octanol–water partition coefficient (Wildman–Crippen LogP) is 1.37. The molecule has 0 radical (unpaired) electrons. The molecule has 3 heteroatoms. The maximum absolute atomic E-state index is 6.16. The van der Waals surface area contributed by atoms with E-state index < -0.39 is 7.26 Å². The lowest BCUT2D eigenvalue weighted by atomic mass is 10.4. The van der Waals surface area contributed by atoms with Gasteiger partial charge in [-0.15, -0.1) is 0 Å². The number of rotatable bonds is 7. The Labute approximate surface area is 162 Å². The van der Waals surface area contributed by atoms with Gasteiger partial charge in [0, 0.05) is 0 Å². The molecule has 3 aromatic rings. The van der Waals surface area contributed by atoms with Crippen molar-refractivity contribution in [3.8, 4) is 0 Å². The molecule has 3 rings (SSSR count). The van der Waals surface area contributed by atoms with E-state index in [4.69, 9.17) is 4.74 Å². The second-order valence-electron chi connectivity index (χ2n) is 5.85. The molecule has 0 fully saturated rings. The van der Waals surface area contributed by atoms with Crippen LogP contribution in [-0.2, 0) is 4.74 Å². The summed E-state index contributed by atoms with van der Waals surface area (Å²) in [6.07, 6.45) is 1.79. The molecule has 0 aromatic heterocycles. The fraction of sp³-hybridized carbons (Fsp3) is 0.182. The molecule has 1 nitrogen and oxygen atoms in total. The van der Waals surface area contributed by atoms with Gasteiger partial charge in [-0.25, -0.2) is 0 Å². The first kappa shape index (κ1) is 19.8. The van der Waals surface area contributed by atoms with Crippen LogP contribution in [0.2, 0.25) is 0 Å². The predicted molar refractivity (Wildman–Crippen MR) is 106 cm³/mol. The van der Waals surface area contributed by atoms with Crippen molar-refractivity contribution in [2.75, 3.05) is 13.0 Å². The van der Waals surface area contributed by atoms with Crippen LogP contribution in [0.15, 0.2) is 91.0 Å². The van der Waals surface area contributed by atoms with Crippen molar-refractivity contribution in [1.29, 1.82) is 0 Å². The molecule has 0 unspecified atom stereocenters. The van der Waals surface area contributed by atoms with Gasteiger partial charge in [0.2, 0.25) is 0 Å². The fourth-order valence-corrected chi connectivity index (χ4v) is 6.85. The maximum atomic E-state index is 6.16. The van der Waals surface area contributed by atoms with E-state index >= 15 is 0 Å². The Morgan fingerprint density at radius 1 is 0.640 bits per heavy atom. The highest BCUT2D eigenvalue weighted by molar-refractivity contribution is 7.95. The van der Waals surface area contributed by atoms with Crippen molar-refractivity contribution in [2.24, 2.45) is 0 Å². The number of benzene rings is 3. The van der Waals surface area contributed by atoms with Crippen LogP contribution in [0.3, 0.4) is 0 Å². The zero-order valence-electron chi connectivity index (χ0n) is 14.5. The maximum Gasteiger partial charge on any atom is 0.171 e. The summed E-state index contributed by atoms with van der Waals surface area (Å²) in [4.78, 5) is 0. The monoisotopic (exact) mass is 414 g/mol. The topological polar surface area (TPSA) is 9.23 Å². The molecule has 0 spiro atoms. The molecule has 0 aliphatic heterocycles. The van der Waals surface area contributed by atoms with Gasteiger partial charge in [0.25, 0.3) is 0 Å². The quantitative estimate of drug-likeness (QED) is 0.419. The molecule has 0 saturated heterocycles. The highest BCUT2D eigenvalue weighted by Crippen LogP contribution is 2.55. The van der Waals surface area contributed by atoms with E-state index in [2.05, 4.69) is 97.9 Å². The molecule has 25 heavy (non-hydrogen) atoms. The lowest BCUT2D eigenvalue weighted by molar-refractivity contribution is -0.00000511. The third kappa shape index (κ3) is 4.39. The SMILES string of the molecule is CCCOC[P+](c1ccccc1)(c1ccccc1)c1ccccc1.[Br-]. The van der Waals surface area contributed by atoms with Crippen molar-refractivity contribution in [1.82, 2.24) is 0 Å². The summed E-state index contributed by atoms with van der Waals surface area (Å²) < 4.78 is 6.16. The van der Waals surface area contributed by atoms with Gasteiger partial charge in [-0.3, -0.25) is 0 Å². The Morgan fingerprint density at radius 3 is 1.32 bits per heavy atom. The summed E-state index contributed by atoms with van der Waals surface area (Å²) in [5.41, 5.74) is 0. The lowest BCUT2D eigenvalue weighted by Gasteiger charge is -2.27. The largest absolute Gasteiger partial charge is 1.00 e. The molecule has 0 aliphatic carbocycles. The number of hydrogen-bond donors (Lipinski definition) is 0. The van der Waals surface area contributed by atoms with Gasteiger partial charge in [-0.1, -0.05) is 61.5 Å². The minimum atomic E-state index is -1.81. The Bertz CT molecular complexity index is 635. The molecule has 0 heterocycles. The fourth-order valence-electron chi connectivity index (χ4n) is 3.06. The van der Waals surface area contributed by atoms with Gasteiger partial charge in [0.15, 0.2) is 6.35 Å². The normalized spacial score (nSPS) is 10.9. The zero-order chi connectivity index (χ0) is 16.7. The summed E-state index contributed by atoms with van der Waals surface area (Å²) >= 11 is 0. The lowest BCUT2D eigenvalue weighted by Crippen LogP contribution is -3.00. The second kappa shape index (κ2) is 9.87. The Kier molecular flexibility index (Phi) is 7.84. The van der Waals surface area contributed by atoms with Crippen LogP contribution < -0.4 is 32.9 Å². The smallest absolute Gasteiger partial charge is 0.171 e. The van der Waals surface area contributed by atoms with Crippen molar-refractivity contribution < 1.29 is 21.7 Å². The molecular weight excluding hydrogens is 391 g/mol. The van der Waals surface area contributed by atoms with Gasteiger partial charge >= 0.3 is 0 Å². The highest BCUT2D eigenvalue weighted by atomic mass is 79.9. The van der Waals surface area contributed by atoms with Gasteiger partial charge in [0.1, 0.15) is 23.2 Å². The minimum Gasteiger partial charge on any atom is -1.00 e. The molecule has 0 amide bonds. The van der Waals surface area contributed by atoms with Crippen LogP contribution in [0.5, 0.6) is 0 Å². The standard InChI is InChI=1S/C22H24OP.BrH/c1-2-18-23-19-24(20-12-6-3-7-13-20,21-14-8-4-9-15-21)22-16-10-5-11-17-22;/h3-17H,2,18-19H2,1H3;1H/q+1;/p-1. The molecule has 3 aromatic carbocycles. The van der Waals surface area contributed by atoms with E-state index in [9.17, 15) is 0 Å². The molecule has 0 aliphatic rings. The van der Waals surface area contributed by atoms with E-state index in [0.717, 1.165) is 19.4 Å². The van der Waals surface area contributed by atoms with Crippen LogP contribution in [0, 0.1) is 0 Å². The van der Waals surface area contributed by atoms with E-state index in [0.29, 0.717) is 0 Å². The van der Waals surface area contributed by atoms with Crippen LogP contribution in [0.25, 0.3) is 0 Å². The minimum absolute atomic E-state index is 0. The van der Waals surface area contributed by atoms with Crippen LogP contribution >= 0.6 is 7.26 Å². The Balaban J connectivity index is 0.00000225. The number of hydrogen-bond acceptors (Lipinski definition) is 1.